The molecule has 1 aromatic rings. The smallest absolute Gasteiger partial charge is 0.265 e. The van der Waals surface area contributed by atoms with E-state index in [4.69, 9.17) is 11.5 Å². The van der Waals surface area contributed by atoms with Crippen LogP contribution in [-0.2, 0) is 4.79 Å². The van der Waals surface area contributed by atoms with Crippen molar-refractivity contribution in [1.82, 2.24) is 15.6 Å². The van der Waals surface area contributed by atoms with Crippen LogP contribution in [0.1, 0.15) is 9.67 Å². The van der Waals surface area contributed by atoms with Gasteiger partial charge in [-0.2, -0.15) is 0 Å². The second kappa shape index (κ2) is 5.85. The van der Waals surface area contributed by atoms with E-state index in [1.807, 2.05) is 0 Å². The first kappa shape index (κ1) is 13.6. The Morgan fingerprint density at radius 2 is 2.11 bits per heavy atom. The molecule has 0 saturated carbocycles. The average Bonchev–Trinajstić information content (AvgIpc) is 2.79. The molecule has 6 N–H and O–H groups in total. The molecule has 2 heterocycles. The Bertz CT molecular complexity index is 482. The number of hydrogen-bond acceptors (Lipinski definition) is 7. The lowest BCUT2D eigenvalue weighted by Crippen LogP contribution is -2.43. The molecule has 2 amide bonds. The van der Waals surface area contributed by atoms with Gasteiger partial charge in [0.15, 0.2) is 5.13 Å². The van der Waals surface area contributed by atoms with E-state index < -0.39 is 11.8 Å². The first-order chi connectivity index (χ1) is 9.08. The van der Waals surface area contributed by atoms with Crippen LogP contribution in [0.25, 0.3) is 0 Å². The van der Waals surface area contributed by atoms with Gasteiger partial charge in [0.25, 0.3) is 5.91 Å². The predicted molar refractivity (Wildman–Crippen MR) is 73.1 cm³/mol. The number of primary amides is 1. The highest BCUT2D eigenvalue weighted by molar-refractivity contribution is 7.18. The van der Waals surface area contributed by atoms with Gasteiger partial charge in [-0.05, 0) is 0 Å². The Morgan fingerprint density at radius 3 is 2.74 bits per heavy atom. The molecule has 1 fully saturated rings. The minimum Gasteiger partial charge on any atom is -0.382 e. The van der Waals surface area contributed by atoms with Crippen molar-refractivity contribution in [2.75, 3.05) is 43.4 Å². The van der Waals surface area contributed by atoms with Gasteiger partial charge in [-0.3, -0.25) is 9.59 Å². The highest BCUT2D eigenvalue weighted by Gasteiger charge is 2.20. The molecule has 0 spiro atoms. The van der Waals surface area contributed by atoms with Crippen molar-refractivity contribution in [2.24, 2.45) is 5.73 Å². The Balaban J connectivity index is 2.07. The molecule has 1 aliphatic heterocycles. The largest absolute Gasteiger partial charge is 0.382 e. The molecule has 9 heteroatoms. The van der Waals surface area contributed by atoms with Crippen molar-refractivity contribution >= 4 is 34.1 Å². The molecule has 1 aliphatic rings. The first-order valence-corrected chi connectivity index (χ1v) is 6.68. The molecule has 0 aromatic carbocycles. The summed E-state index contributed by atoms with van der Waals surface area (Å²) in [5.41, 5.74) is 10.7. The lowest BCUT2D eigenvalue weighted by atomic mass is 10.4. The summed E-state index contributed by atoms with van der Waals surface area (Å²) in [6.07, 6.45) is 0. The minimum atomic E-state index is -0.598. The number of rotatable bonds is 4. The predicted octanol–water partition coefficient (Wildman–Crippen LogP) is -1.65. The summed E-state index contributed by atoms with van der Waals surface area (Å²) in [6.45, 7) is 3.20. The first-order valence-electron chi connectivity index (χ1n) is 5.86. The van der Waals surface area contributed by atoms with Gasteiger partial charge in [0.2, 0.25) is 5.91 Å². The number of hydrogen-bond donors (Lipinski definition) is 4. The van der Waals surface area contributed by atoms with Gasteiger partial charge in [-0.1, -0.05) is 11.3 Å². The molecule has 0 radical (unpaired) electrons. The van der Waals surface area contributed by atoms with Gasteiger partial charge in [-0.25, -0.2) is 4.98 Å². The molecule has 19 heavy (non-hydrogen) atoms. The van der Waals surface area contributed by atoms with E-state index in [1.54, 1.807) is 0 Å². The van der Waals surface area contributed by atoms with E-state index in [0.717, 1.165) is 31.3 Å². The summed E-state index contributed by atoms with van der Waals surface area (Å²) >= 11 is 1.22. The number of anilines is 2. The van der Waals surface area contributed by atoms with E-state index in [9.17, 15) is 9.59 Å². The maximum atomic E-state index is 11.8. The fourth-order valence-electron chi connectivity index (χ4n) is 1.72. The highest BCUT2D eigenvalue weighted by atomic mass is 32.1. The summed E-state index contributed by atoms with van der Waals surface area (Å²) in [6, 6.07) is 0. The third-order valence-electron chi connectivity index (χ3n) is 2.66. The third kappa shape index (κ3) is 3.32. The number of amides is 2. The number of nitrogens with zero attached hydrogens (tertiary/aromatic N) is 2. The Labute approximate surface area is 114 Å². The average molecular weight is 284 g/mol. The van der Waals surface area contributed by atoms with Crippen LogP contribution in [0.15, 0.2) is 0 Å². The van der Waals surface area contributed by atoms with E-state index in [1.165, 1.54) is 11.3 Å². The number of carbonyl (C=O) groups excluding carboxylic acids is 2. The fraction of sp³-hybridized carbons (Fsp3) is 0.500. The van der Waals surface area contributed by atoms with Crippen molar-refractivity contribution in [1.29, 1.82) is 0 Å². The van der Waals surface area contributed by atoms with Crippen LogP contribution in [0.3, 0.4) is 0 Å². The number of nitrogen functional groups attached to an aromatic ring is 1. The summed E-state index contributed by atoms with van der Waals surface area (Å²) in [5.74, 6) is -0.838. The van der Waals surface area contributed by atoms with Crippen LogP contribution < -0.4 is 27.0 Å². The number of thiazole rings is 1. The Hall–Kier alpha value is -1.87. The van der Waals surface area contributed by atoms with Gasteiger partial charge >= 0.3 is 0 Å². The van der Waals surface area contributed by atoms with Crippen LogP contribution in [0.5, 0.6) is 0 Å². The highest BCUT2D eigenvalue weighted by Crippen LogP contribution is 2.28. The minimum absolute atomic E-state index is 0.181. The van der Waals surface area contributed by atoms with Crippen LogP contribution in [0.4, 0.5) is 10.9 Å². The normalized spacial score (nSPS) is 15.3. The zero-order valence-electron chi connectivity index (χ0n) is 10.3. The zero-order valence-corrected chi connectivity index (χ0v) is 11.1. The van der Waals surface area contributed by atoms with Crippen molar-refractivity contribution in [3.63, 3.8) is 0 Å². The Morgan fingerprint density at radius 1 is 1.42 bits per heavy atom. The van der Waals surface area contributed by atoms with Crippen LogP contribution in [-0.4, -0.2) is 49.5 Å². The number of piperazine rings is 1. The van der Waals surface area contributed by atoms with Gasteiger partial charge < -0.3 is 27.0 Å². The molecule has 0 atom stereocenters. The van der Waals surface area contributed by atoms with E-state index in [0.29, 0.717) is 4.88 Å². The van der Waals surface area contributed by atoms with Gasteiger partial charge in [-0.15, -0.1) is 0 Å². The van der Waals surface area contributed by atoms with Gasteiger partial charge in [0.05, 0.1) is 6.54 Å². The lowest BCUT2D eigenvalue weighted by molar-refractivity contribution is -0.117. The quantitative estimate of drug-likeness (QED) is 0.525. The molecule has 1 aromatic heterocycles. The summed E-state index contributed by atoms with van der Waals surface area (Å²) in [5, 5.41) is 6.36. The molecule has 1 saturated heterocycles. The van der Waals surface area contributed by atoms with Gasteiger partial charge in [0, 0.05) is 26.2 Å². The summed E-state index contributed by atoms with van der Waals surface area (Å²) in [4.78, 5) is 29.0. The fourth-order valence-corrected chi connectivity index (χ4v) is 2.68. The van der Waals surface area contributed by atoms with Gasteiger partial charge in [0.1, 0.15) is 10.7 Å². The molecule has 2 rings (SSSR count). The van der Waals surface area contributed by atoms with E-state index in [-0.39, 0.29) is 12.4 Å². The molecule has 0 aliphatic carbocycles. The van der Waals surface area contributed by atoms with Crippen LogP contribution in [0.2, 0.25) is 0 Å². The molecular weight excluding hydrogens is 268 g/mol. The topological polar surface area (TPSA) is 126 Å². The van der Waals surface area contributed by atoms with Crippen LogP contribution >= 0.6 is 11.3 Å². The molecule has 0 bridgehead atoms. The zero-order chi connectivity index (χ0) is 13.8. The van der Waals surface area contributed by atoms with Crippen LogP contribution in [0, 0.1) is 0 Å². The van der Waals surface area contributed by atoms with Crippen molar-refractivity contribution in [3.8, 4) is 0 Å². The molecule has 104 valence electrons. The Kier molecular flexibility index (Phi) is 4.17. The SMILES string of the molecule is NC(=O)CNC(=O)c1sc(N2CCNCC2)nc1N. The maximum absolute atomic E-state index is 11.8. The summed E-state index contributed by atoms with van der Waals surface area (Å²) in [7, 11) is 0. The van der Waals surface area contributed by atoms with Crippen molar-refractivity contribution in [2.45, 2.75) is 0 Å². The number of aromatic nitrogens is 1. The molecule has 8 nitrogen and oxygen atoms in total. The number of nitrogens with one attached hydrogen (secondary N) is 2. The van der Waals surface area contributed by atoms with Crippen molar-refractivity contribution in [3.05, 3.63) is 4.88 Å². The standard InChI is InChI=1S/C10H16N6O2S/c11-6(17)5-14-9(18)7-8(12)15-10(19-7)16-3-1-13-2-4-16/h13H,1-5,12H2,(H2,11,17)(H,14,18). The monoisotopic (exact) mass is 284 g/mol. The van der Waals surface area contributed by atoms with Crippen molar-refractivity contribution < 1.29 is 9.59 Å². The van der Waals surface area contributed by atoms with E-state index in [2.05, 4.69) is 20.5 Å². The maximum Gasteiger partial charge on any atom is 0.265 e. The van der Waals surface area contributed by atoms with E-state index >= 15 is 0 Å². The molecular formula is C10H16N6O2S. The number of nitrogens with two attached hydrogens (primary N) is 2. The lowest BCUT2D eigenvalue weighted by Gasteiger charge is -2.26. The second-order valence-electron chi connectivity index (χ2n) is 4.10. The summed E-state index contributed by atoms with van der Waals surface area (Å²) < 4.78 is 0. The third-order valence-corrected chi connectivity index (χ3v) is 3.79. The number of carbonyl (C=O) groups is 2. The molecule has 0 unspecified atom stereocenters. The second-order valence-corrected chi connectivity index (χ2v) is 5.07.